The van der Waals surface area contributed by atoms with Crippen LogP contribution in [-0.4, -0.2) is 44.7 Å². The largest absolute Gasteiger partial charge is 0.314 e. The fourth-order valence-electron chi connectivity index (χ4n) is 2.80. The number of likely N-dealkylation sites (N-methyl/N-ethyl adjacent to an activating group) is 1. The van der Waals surface area contributed by atoms with E-state index in [4.69, 9.17) is 0 Å². The molecular formula is C16H27N3. The fraction of sp³-hybridized carbons (Fsp3) is 0.625. The average molecular weight is 261 g/mol. The van der Waals surface area contributed by atoms with Crippen molar-refractivity contribution in [3.05, 3.63) is 34.9 Å². The highest BCUT2D eigenvalue weighted by Gasteiger charge is 2.22. The molecule has 1 saturated heterocycles. The van der Waals surface area contributed by atoms with Gasteiger partial charge >= 0.3 is 0 Å². The van der Waals surface area contributed by atoms with Gasteiger partial charge in [-0.15, -0.1) is 0 Å². The lowest BCUT2D eigenvalue weighted by atomic mass is 9.95. The highest BCUT2D eigenvalue weighted by atomic mass is 15.2. The Labute approximate surface area is 117 Å². The van der Waals surface area contributed by atoms with Gasteiger partial charge in [-0.05, 0) is 51.1 Å². The molecule has 19 heavy (non-hydrogen) atoms. The van der Waals surface area contributed by atoms with Crippen LogP contribution in [0.15, 0.2) is 18.2 Å². The molecule has 106 valence electrons. The standard InChI is InChI=1S/C16H27N3/c1-12-5-6-14(9-13(12)2)16(17-3)10-15-11-18-7-8-19(15)4/h5-6,9,15-18H,7-8,10-11H2,1-4H3. The number of rotatable bonds is 4. The van der Waals surface area contributed by atoms with Gasteiger partial charge in [-0.2, -0.15) is 0 Å². The zero-order valence-electron chi connectivity index (χ0n) is 12.7. The van der Waals surface area contributed by atoms with E-state index < -0.39 is 0 Å². The first-order chi connectivity index (χ1) is 9.11. The minimum absolute atomic E-state index is 0.437. The van der Waals surface area contributed by atoms with Crippen LogP contribution in [0.25, 0.3) is 0 Å². The fourth-order valence-corrected chi connectivity index (χ4v) is 2.80. The molecule has 1 heterocycles. The summed E-state index contributed by atoms with van der Waals surface area (Å²) in [4.78, 5) is 2.47. The molecule has 1 fully saturated rings. The quantitative estimate of drug-likeness (QED) is 0.866. The van der Waals surface area contributed by atoms with Gasteiger partial charge in [-0.3, -0.25) is 0 Å². The molecule has 1 aliphatic heterocycles. The first-order valence-corrected chi connectivity index (χ1v) is 7.27. The van der Waals surface area contributed by atoms with Crippen LogP contribution in [0.5, 0.6) is 0 Å². The van der Waals surface area contributed by atoms with Crippen molar-refractivity contribution >= 4 is 0 Å². The van der Waals surface area contributed by atoms with Crippen molar-refractivity contribution in [1.82, 2.24) is 15.5 Å². The van der Waals surface area contributed by atoms with E-state index in [-0.39, 0.29) is 0 Å². The lowest BCUT2D eigenvalue weighted by molar-refractivity contribution is 0.178. The van der Waals surface area contributed by atoms with Crippen LogP contribution < -0.4 is 10.6 Å². The summed E-state index contributed by atoms with van der Waals surface area (Å²) in [6, 6.07) is 7.88. The van der Waals surface area contributed by atoms with Gasteiger partial charge < -0.3 is 15.5 Å². The molecule has 0 spiro atoms. The zero-order valence-corrected chi connectivity index (χ0v) is 12.7. The molecule has 1 aromatic carbocycles. The lowest BCUT2D eigenvalue weighted by Crippen LogP contribution is -2.50. The van der Waals surface area contributed by atoms with Gasteiger partial charge in [0.15, 0.2) is 0 Å². The van der Waals surface area contributed by atoms with E-state index in [0.29, 0.717) is 12.1 Å². The third-order valence-corrected chi connectivity index (χ3v) is 4.43. The van der Waals surface area contributed by atoms with Gasteiger partial charge in [0.2, 0.25) is 0 Å². The molecule has 0 aliphatic carbocycles. The van der Waals surface area contributed by atoms with Gasteiger partial charge in [0.05, 0.1) is 0 Å². The molecule has 3 heteroatoms. The Morgan fingerprint density at radius 2 is 2.16 bits per heavy atom. The first kappa shape index (κ1) is 14.5. The Bertz CT molecular complexity index is 416. The molecule has 2 N–H and O–H groups in total. The number of benzene rings is 1. The van der Waals surface area contributed by atoms with Gasteiger partial charge in [0, 0.05) is 31.7 Å². The van der Waals surface area contributed by atoms with Crippen LogP contribution in [0.4, 0.5) is 0 Å². The Morgan fingerprint density at radius 1 is 1.37 bits per heavy atom. The maximum Gasteiger partial charge on any atom is 0.0333 e. The van der Waals surface area contributed by atoms with Crippen molar-refractivity contribution in [1.29, 1.82) is 0 Å². The minimum Gasteiger partial charge on any atom is -0.314 e. The number of hydrogen-bond donors (Lipinski definition) is 2. The Balaban J connectivity index is 2.08. The van der Waals surface area contributed by atoms with Gasteiger partial charge in [-0.25, -0.2) is 0 Å². The number of nitrogens with zero attached hydrogens (tertiary/aromatic N) is 1. The Hall–Kier alpha value is -0.900. The van der Waals surface area contributed by atoms with Gasteiger partial charge in [-0.1, -0.05) is 18.2 Å². The second-order valence-corrected chi connectivity index (χ2v) is 5.76. The summed E-state index contributed by atoms with van der Waals surface area (Å²) in [6.07, 6.45) is 1.16. The van der Waals surface area contributed by atoms with E-state index in [1.807, 2.05) is 0 Å². The molecule has 0 bridgehead atoms. The molecule has 2 rings (SSSR count). The average Bonchev–Trinajstić information content (AvgIpc) is 2.41. The van der Waals surface area contributed by atoms with E-state index >= 15 is 0 Å². The van der Waals surface area contributed by atoms with E-state index in [0.717, 1.165) is 26.1 Å². The first-order valence-electron chi connectivity index (χ1n) is 7.27. The Morgan fingerprint density at radius 3 is 2.79 bits per heavy atom. The predicted octanol–water partition coefficient (Wildman–Crippen LogP) is 1.86. The summed E-state index contributed by atoms with van der Waals surface area (Å²) in [5.74, 6) is 0. The summed E-state index contributed by atoms with van der Waals surface area (Å²) < 4.78 is 0. The molecule has 0 saturated carbocycles. The maximum absolute atomic E-state index is 3.50. The van der Waals surface area contributed by atoms with Crippen molar-refractivity contribution in [3.63, 3.8) is 0 Å². The highest BCUT2D eigenvalue weighted by molar-refractivity contribution is 5.31. The van der Waals surface area contributed by atoms with Crippen LogP contribution in [-0.2, 0) is 0 Å². The Kier molecular flexibility index (Phi) is 4.97. The third kappa shape index (κ3) is 3.56. The van der Waals surface area contributed by atoms with Crippen LogP contribution in [0, 0.1) is 13.8 Å². The molecule has 2 atom stereocenters. The van der Waals surface area contributed by atoms with Crippen molar-refractivity contribution in [3.8, 4) is 0 Å². The highest BCUT2D eigenvalue weighted by Crippen LogP contribution is 2.23. The predicted molar refractivity (Wildman–Crippen MR) is 81.6 cm³/mol. The SMILES string of the molecule is CNC(CC1CNCCN1C)c1ccc(C)c(C)c1. The molecule has 0 radical (unpaired) electrons. The zero-order chi connectivity index (χ0) is 13.8. The number of hydrogen-bond acceptors (Lipinski definition) is 3. The van der Waals surface area contributed by atoms with Crippen LogP contribution in [0.1, 0.15) is 29.2 Å². The van der Waals surface area contributed by atoms with Crippen molar-refractivity contribution in [2.45, 2.75) is 32.4 Å². The summed E-state index contributed by atoms with van der Waals surface area (Å²) in [5, 5.41) is 6.98. The molecule has 1 aliphatic rings. The molecule has 1 aromatic rings. The molecule has 0 aromatic heterocycles. The third-order valence-electron chi connectivity index (χ3n) is 4.43. The van der Waals surface area contributed by atoms with Crippen LogP contribution in [0.3, 0.4) is 0 Å². The summed E-state index contributed by atoms with van der Waals surface area (Å²) in [6.45, 7) is 7.72. The normalized spacial score (nSPS) is 22.4. The van der Waals surface area contributed by atoms with E-state index in [1.165, 1.54) is 16.7 Å². The summed E-state index contributed by atoms with van der Waals surface area (Å²) >= 11 is 0. The van der Waals surface area contributed by atoms with Crippen molar-refractivity contribution in [2.75, 3.05) is 33.7 Å². The topological polar surface area (TPSA) is 27.3 Å². The van der Waals surface area contributed by atoms with Crippen LogP contribution in [0.2, 0.25) is 0 Å². The second-order valence-electron chi connectivity index (χ2n) is 5.76. The number of nitrogens with one attached hydrogen (secondary N) is 2. The van der Waals surface area contributed by atoms with Gasteiger partial charge in [0.25, 0.3) is 0 Å². The number of aryl methyl sites for hydroxylation is 2. The van der Waals surface area contributed by atoms with Crippen LogP contribution >= 0.6 is 0 Å². The monoisotopic (exact) mass is 261 g/mol. The maximum atomic E-state index is 3.50. The van der Waals surface area contributed by atoms with E-state index in [1.54, 1.807) is 0 Å². The number of piperazine rings is 1. The molecule has 0 amide bonds. The van der Waals surface area contributed by atoms with E-state index in [9.17, 15) is 0 Å². The van der Waals surface area contributed by atoms with Gasteiger partial charge in [0.1, 0.15) is 0 Å². The summed E-state index contributed by atoms with van der Waals surface area (Å²) in [5.41, 5.74) is 4.16. The van der Waals surface area contributed by atoms with E-state index in [2.05, 4.69) is 61.7 Å². The van der Waals surface area contributed by atoms with Crippen molar-refractivity contribution in [2.24, 2.45) is 0 Å². The van der Waals surface area contributed by atoms with Crippen molar-refractivity contribution < 1.29 is 0 Å². The molecule has 2 unspecified atom stereocenters. The minimum atomic E-state index is 0.437. The lowest BCUT2D eigenvalue weighted by Gasteiger charge is -2.35. The molecule has 3 nitrogen and oxygen atoms in total. The smallest absolute Gasteiger partial charge is 0.0333 e. The summed E-state index contributed by atoms with van der Waals surface area (Å²) in [7, 11) is 4.30. The second kappa shape index (κ2) is 6.51. The molecular weight excluding hydrogens is 234 g/mol.